The van der Waals surface area contributed by atoms with Crippen molar-refractivity contribution in [3.05, 3.63) is 0 Å². The van der Waals surface area contributed by atoms with Crippen molar-refractivity contribution in [1.29, 1.82) is 0 Å². The average Bonchev–Trinajstić information content (AvgIpc) is 2.74. The van der Waals surface area contributed by atoms with Crippen LogP contribution in [0.25, 0.3) is 0 Å². The average molecular weight is 248 g/mol. The van der Waals surface area contributed by atoms with E-state index in [1.165, 1.54) is 19.4 Å². The van der Waals surface area contributed by atoms with Crippen molar-refractivity contribution >= 4 is 15.9 Å². The third kappa shape index (κ3) is 2.25. The zero-order chi connectivity index (χ0) is 9.53. The zero-order valence-corrected chi connectivity index (χ0v) is 9.81. The summed E-state index contributed by atoms with van der Waals surface area (Å²) in [6.45, 7) is 5.05. The first-order chi connectivity index (χ1) is 6.05. The largest absolute Gasteiger partial charge is 0.389 e. The number of likely N-dealkylation sites (tertiary alicyclic amines) is 1. The molecule has 3 heteroatoms. The van der Waals surface area contributed by atoms with Crippen molar-refractivity contribution in [2.24, 2.45) is 5.41 Å². The Morgan fingerprint density at radius 1 is 1.38 bits per heavy atom. The lowest BCUT2D eigenvalue weighted by Crippen LogP contribution is -2.33. The minimum absolute atomic E-state index is 0.428. The highest BCUT2D eigenvalue weighted by atomic mass is 79.9. The molecular weight excluding hydrogens is 230 g/mol. The van der Waals surface area contributed by atoms with Crippen molar-refractivity contribution in [3.8, 4) is 0 Å². The van der Waals surface area contributed by atoms with Gasteiger partial charge in [0, 0.05) is 25.0 Å². The van der Waals surface area contributed by atoms with E-state index in [-0.39, 0.29) is 0 Å². The van der Waals surface area contributed by atoms with Gasteiger partial charge in [-0.25, -0.2) is 0 Å². The predicted molar refractivity (Wildman–Crippen MR) is 57.1 cm³/mol. The molecule has 0 aromatic rings. The van der Waals surface area contributed by atoms with Crippen LogP contribution in [0.3, 0.4) is 0 Å². The fourth-order valence-corrected chi connectivity index (χ4v) is 2.90. The Labute approximate surface area is 88.4 Å². The van der Waals surface area contributed by atoms with E-state index in [4.69, 9.17) is 0 Å². The molecule has 0 radical (unpaired) electrons. The molecule has 76 valence electrons. The van der Waals surface area contributed by atoms with Crippen LogP contribution >= 0.6 is 15.9 Å². The molecule has 2 aliphatic rings. The number of halogens is 1. The van der Waals surface area contributed by atoms with Crippen molar-refractivity contribution in [1.82, 2.24) is 4.90 Å². The van der Waals surface area contributed by atoms with Crippen LogP contribution in [0, 0.1) is 5.41 Å². The second-order valence-electron chi connectivity index (χ2n) is 5.09. The normalized spacial score (nSPS) is 38.1. The van der Waals surface area contributed by atoms with E-state index >= 15 is 0 Å². The van der Waals surface area contributed by atoms with Crippen LogP contribution in [-0.4, -0.2) is 40.6 Å². The van der Waals surface area contributed by atoms with Gasteiger partial charge in [-0.3, -0.25) is 4.90 Å². The number of rotatable bonds is 3. The topological polar surface area (TPSA) is 23.5 Å². The van der Waals surface area contributed by atoms with E-state index in [1.54, 1.807) is 0 Å². The zero-order valence-electron chi connectivity index (χ0n) is 8.22. The maximum atomic E-state index is 9.80. The fraction of sp³-hybridized carbons (Fsp3) is 1.00. The van der Waals surface area contributed by atoms with E-state index in [0.29, 0.717) is 5.41 Å². The maximum Gasteiger partial charge on any atom is 0.0758 e. The van der Waals surface area contributed by atoms with Crippen LogP contribution in [0.5, 0.6) is 0 Å². The van der Waals surface area contributed by atoms with Crippen LogP contribution < -0.4 is 0 Å². The third-order valence-electron chi connectivity index (χ3n) is 3.33. The number of β-amino-alcohol motifs (C(OH)–C–C–N with tert-alkyl or cyclic N) is 1. The third-order valence-corrected chi connectivity index (χ3v) is 4.52. The molecular formula is C10H18BrNO. The Morgan fingerprint density at radius 3 is 2.46 bits per heavy atom. The monoisotopic (exact) mass is 247 g/mol. The highest BCUT2D eigenvalue weighted by Gasteiger charge is 2.44. The Balaban J connectivity index is 1.84. The van der Waals surface area contributed by atoms with Crippen LogP contribution in [0.4, 0.5) is 0 Å². The van der Waals surface area contributed by atoms with Gasteiger partial charge < -0.3 is 5.11 Å². The first-order valence-electron chi connectivity index (χ1n) is 5.06. The van der Waals surface area contributed by atoms with E-state index in [2.05, 4.69) is 20.8 Å². The van der Waals surface area contributed by atoms with Gasteiger partial charge in [0.25, 0.3) is 0 Å². The van der Waals surface area contributed by atoms with Crippen molar-refractivity contribution in [3.63, 3.8) is 0 Å². The summed E-state index contributed by atoms with van der Waals surface area (Å²) in [6, 6.07) is 0. The summed E-state index contributed by atoms with van der Waals surface area (Å²) >= 11 is 3.58. The summed E-state index contributed by atoms with van der Waals surface area (Å²) in [5.41, 5.74) is 0.128. The van der Waals surface area contributed by atoms with Crippen molar-refractivity contribution in [2.45, 2.75) is 31.8 Å². The van der Waals surface area contributed by atoms with Gasteiger partial charge in [-0.1, -0.05) is 15.9 Å². The molecule has 0 aromatic carbocycles. The Morgan fingerprint density at radius 2 is 2.08 bits per heavy atom. The van der Waals surface area contributed by atoms with Crippen molar-refractivity contribution in [2.75, 3.05) is 25.0 Å². The summed E-state index contributed by atoms with van der Waals surface area (Å²) in [6.07, 6.45) is 3.65. The molecule has 1 saturated heterocycles. The molecule has 2 rings (SSSR count). The first kappa shape index (κ1) is 9.94. The molecule has 1 heterocycles. The number of hydrogen-bond donors (Lipinski definition) is 1. The lowest BCUT2D eigenvalue weighted by Gasteiger charge is -2.23. The Hall–Kier alpha value is 0.400. The molecule has 1 saturated carbocycles. The minimum atomic E-state index is -0.428. The Kier molecular flexibility index (Phi) is 2.45. The van der Waals surface area contributed by atoms with Gasteiger partial charge in [0.2, 0.25) is 0 Å². The molecule has 0 aromatic heterocycles. The molecule has 2 fully saturated rings. The molecule has 1 atom stereocenters. The van der Waals surface area contributed by atoms with E-state index in [1.807, 2.05) is 6.92 Å². The van der Waals surface area contributed by atoms with Crippen LogP contribution in [0.15, 0.2) is 0 Å². The van der Waals surface area contributed by atoms with E-state index < -0.39 is 5.60 Å². The molecule has 1 N–H and O–H groups in total. The fourth-order valence-electron chi connectivity index (χ4n) is 2.16. The van der Waals surface area contributed by atoms with E-state index in [0.717, 1.165) is 24.8 Å². The number of nitrogens with zero attached hydrogens (tertiary/aromatic N) is 1. The number of aliphatic hydroxyl groups is 1. The molecule has 0 bridgehead atoms. The molecule has 1 unspecified atom stereocenters. The van der Waals surface area contributed by atoms with Gasteiger partial charge in [0.1, 0.15) is 0 Å². The quantitative estimate of drug-likeness (QED) is 0.767. The summed E-state index contributed by atoms with van der Waals surface area (Å²) < 4.78 is 0. The lowest BCUT2D eigenvalue weighted by atomic mass is 10.1. The molecule has 1 aliphatic carbocycles. The highest BCUT2D eigenvalue weighted by Crippen LogP contribution is 2.48. The van der Waals surface area contributed by atoms with Gasteiger partial charge in [-0.15, -0.1) is 0 Å². The van der Waals surface area contributed by atoms with Gasteiger partial charge in [0.05, 0.1) is 5.60 Å². The van der Waals surface area contributed by atoms with Crippen LogP contribution in [0.1, 0.15) is 26.2 Å². The van der Waals surface area contributed by atoms with Gasteiger partial charge in [0.15, 0.2) is 0 Å². The SMILES string of the molecule is CC1(O)CCN(CC2(CBr)CC2)C1. The van der Waals surface area contributed by atoms with Crippen molar-refractivity contribution < 1.29 is 5.11 Å². The molecule has 0 spiro atoms. The smallest absolute Gasteiger partial charge is 0.0758 e. The van der Waals surface area contributed by atoms with Crippen LogP contribution in [0.2, 0.25) is 0 Å². The second kappa shape index (κ2) is 3.21. The summed E-state index contributed by atoms with van der Waals surface area (Å²) in [5, 5.41) is 10.9. The lowest BCUT2D eigenvalue weighted by molar-refractivity contribution is 0.0666. The predicted octanol–water partition coefficient (Wildman–Crippen LogP) is 1.62. The molecule has 0 amide bonds. The van der Waals surface area contributed by atoms with E-state index in [9.17, 15) is 5.11 Å². The second-order valence-corrected chi connectivity index (χ2v) is 5.65. The molecule has 1 aliphatic heterocycles. The van der Waals surface area contributed by atoms with Gasteiger partial charge >= 0.3 is 0 Å². The summed E-state index contributed by atoms with van der Waals surface area (Å²) in [4.78, 5) is 2.41. The highest BCUT2D eigenvalue weighted by molar-refractivity contribution is 9.09. The summed E-state index contributed by atoms with van der Waals surface area (Å²) in [5.74, 6) is 0. The van der Waals surface area contributed by atoms with Crippen LogP contribution in [-0.2, 0) is 0 Å². The first-order valence-corrected chi connectivity index (χ1v) is 6.18. The maximum absolute atomic E-state index is 9.80. The minimum Gasteiger partial charge on any atom is -0.389 e. The Bertz CT molecular complexity index is 201. The van der Waals surface area contributed by atoms with Gasteiger partial charge in [-0.2, -0.15) is 0 Å². The number of hydrogen-bond acceptors (Lipinski definition) is 2. The standard InChI is InChI=1S/C10H18BrNO/c1-9(13)4-5-12(7-9)8-10(6-11)2-3-10/h13H,2-8H2,1H3. The van der Waals surface area contributed by atoms with Gasteiger partial charge in [-0.05, 0) is 31.6 Å². The number of alkyl halides is 1. The molecule has 2 nitrogen and oxygen atoms in total. The molecule has 13 heavy (non-hydrogen) atoms. The summed E-state index contributed by atoms with van der Waals surface area (Å²) in [7, 11) is 0.